The van der Waals surface area contributed by atoms with Crippen LogP contribution in [0.25, 0.3) is 0 Å². The molecule has 0 aromatic heterocycles. The van der Waals surface area contributed by atoms with E-state index in [4.69, 9.17) is 0 Å². The van der Waals surface area contributed by atoms with Crippen LogP contribution in [0.1, 0.15) is 17.5 Å². The van der Waals surface area contributed by atoms with E-state index >= 15 is 0 Å². The van der Waals surface area contributed by atoms with Gasteiger partial charge in [-0.25, -0.2) is 13.1 Å². The van der Waals surface area contributed by atoms with Crippen LogP contribution in [-0.2, 0) is 16.6 Å². The maximum Gasteiger partial charge on any atom is 0.240 e. The van der Waals surface area contributed by atoms with E-state index in [-0.39, 0.29) is 0 Å². The van der Waals surface area contributed by atoms with Crippen molar-refractivity contribution in [2.45, 2.75) is 24.8 Å². The Bertz CT molecular complexity index is 527. The van der Waals surface area contributed by atoms with E-state index in [1.165, 1.54) is 0 Å². The maximum absolute atomic E-state index is 12.3. The van der Waals surface area contributed by atoms with Crippen LogP contribution in [0.2, 0.25) is 0 Å². The van der Waals surface area contributed by atoms with Crippen molar-refractivity contribution in [3.05, 3.63) is 29.3 Å². The van der Waals surface area contributed by atoms with Crippen LogP contribution >= 0.6 is 0 Å². The van der Waals surface area contributed by atoms with Gasteiger partial charge in [-0.2, -0.15) is 0 Å². The molecule has 0 fully saturated rings. The molecular formula is C14H25N3O2S. The minimum Gasteiger partial charge on any atom is -0.316 e. The Balaban J connectivity index is 2.78. The van der Waals surface area contributed by atoms with Gasteiger partial charge in [0.25, 0.3) is 0 Å². The van der Waals surface area contributed by atoms with E-state index in [2.05, 4.69) is 10.0 Å². The van der Waals surface area contributed by atoms with E-state index in [0.29, 0.717) is 18.0 Å². The molecule has 1 aromatic rings. The average Bonchev–Trinajstić information content (AvgIpc) is 2.37. The summed E-state index contributed by atoms with van der Waals surface area (Å²) in [7, 11) is 2.36. The lowest BCUT2D eigenvalue weighted by molar-refractivity contribution is 0.400. The van der Waals surface area contributed by atoms with Gasteiger partial charge in [0.15, 0.2) is 0 Å². The van der Waals surface area contributed by atoms with Crippen molar-refractivity contribution in [1.82, 2.24) is 14.9 Å². The molecule has 20 heavy (non-hydrogen) atoms. The summed E-state index contributed by atoms with van der Waals surface area (Å²) < 4.78 is 27.3. The Morgan fingerprint density at radius 3 is 2.55 bits per heavy atom. The lowest BCUT2D eigenvalue weighted by atomic mass is 10.1. The summed E-state index contributed by atoms with van der Waals surface area (Å²) in [5.74, 6) is 0. The number of hydrogen-bond acceptors (Lipinski definition) is 4. The molecular weight excluding hydrogens is 274 g/mol. The van der Waals surface area contributed by atoms with Gasteiger partial charge in [0, 0.05) is 13.1 Å². The van der Waals surface area contributed by atoms with Crippen molar-refractivity contribution in [2.75, 3.05) is 34.2 Å². The molecule has 0 aliphatic rings. The standard InChI is InChI=1S/C14H25N3O2S/c1-12-6-7-13(11-15-2)10-14(12)20(18,19)16-8-5-9-17(3)4/h6-7,10,15-16H,5,8-9,11H2,1-4H3. The average molecular weight is 299 g/mol. The summed E-state index contributed by atoms with van der Waals surface area (Å²) in [5.41, 5.74) is 1.73. The van der Waals surface area contributed by atoms with Crippen LogP contribution in [0.3, 0.4) is 0 Å². The number of aryl methyl sites for hydroxylation is 1. The van der Waals surface area contributed by atoms with Crippen LogP contribution in [-0.4, -0.2) is 47.6 Å². The van der Waals surface area contributed by atoms with Crippen LogP contribution in [0.15, 0.2) is 23.1 Å². The van der Waals surface area contributed by atoms with Gasteiger partial charge >= 0.3 is 0 Å². The van der Waals surface area contributed by atoms with Crippen molar-refractivity contribution in [3.8, 4) is 0 Å². The molecule has 0 amide bonds. The number of nitrogens with one attached hydrogen (secondary N) is 2. The normalized spacial score (nSPS) is 12.1. The molecule has 0 saturated heterocycles. The second-order valence-electron chi connectivity index (χ2n) is 5.18. The van der Waals surface area contributed by atoms with E-state index < -0.39 is 10.0 Å². The minimum absolute atomic E-state index is 0.370. The highest BCUT2D eigenvalue weighted by Crippen LogP contribution is 2.17. The van der Waals surface area contributed by atoms with Gasteiger partial charge in [-0.15, -0.1) is 0 Å². The SMILES string of the molecule is CNCc1ccc(C)c(S(=O)(=O)NCCCN(C)C)c1. The zero-order valence-corrected chi connectivity index (χ0v) is 13.5. The molecule has 1 rings (SSSR count). The molecule has 0 atom stereocenters. The van der Waals surface area contributed by atoms with Crippen molar-refractivity contribution in [1.29, 1.82) is 0 Å². The summed E-state index contributed by atoms with van der Waals surface area (Å²) in [4.78, 5) is 2.41. The molecule has 114 valence electrons. The summed E-state index contributed by atoms with van der Waals surface area (Å²) in [6, 6.07) is 5.53. The monoisotopic (exact) mass is 299 g/mol. The highest BCUT2D eigenvalue weighted by Gasteiger charge is 2.16. The first-order valence-corrected chi connectivity index (χ1v) is 8.23. The van der Waals surface area contributed by atoms with Gasteiger partial charge < -0.3 is 10.2 Å². The Labute approximate surface area is 122 Å². The lowest BCUT2D eigenvalue weighted by Gasteiger charge is -2.12. The Morgan fingerprint density at radius 1 is 1.25 bits per heavy atom. The van der Waals surface area contributed by atoms with Gasteiger partial charge in [-0.05, 0) is 58.2 Å². The topological polar surface area (TPSA) is 61.4 Å². The third-order valence-corrected chi connectivity index (χ3v) is 4.60. The number of nitrogens with zero attached hydrogens (tertiary/aromatic N) is 1. The van der Waals surface area contributed by atoms with E-state index in [9.17, 15) is 8.42 Å². The van der Waals surface area contributed by atoms with Crippen LogP contribution in [0.4, 0.5) is 0 Å². The fourth-order valence-corrected chi connectivity index (χ4v) is 3.29. The van der Waals surface area contributed by atoms with Crippen molar-refractivity contribution in [3.63, 3.8) is 0 Å². The number of sulfonamides is 1. The second kappa shape index (κ2) is 7.73. The second-order valence-corrected chi connectivity index (χ2v) is 6.92. The van der Waals surface area contributed by atoms with Gasteiger partial charge in [0.1, 0.15) is 0 Å². The molecule has 0 radical (unpaired) electrons. The molecule has 0 unspecified atom stereocenters. The molecule has 5 nitrogen and oxygen atoms in total. The lowest BCUT2D eigenvalue weighted by Crippen LogP contribution is -2.28. The Hall–Kier alpha value is -0.950. The third kappa shape index (κ3) is 5.20. The molecule has 0 heterocycles. The predicted molar refractivity (Wildman–Crippen MR) is 82.3 cm³/mol. The van der Waals surface area contributed by atoms with Gasteiger partial charge in [0.2, 0.25) is 10.0 Å². The van der Waals surface area contributed by atoms with Crippen molar-refractivity contribution >= 4 is 10.0 Å². The fourth-order valence-electron chi connectivity index (χ4n) is 1.93. The molecule has 0 aliphatic carbocycles. The zero-order valence-electron chi connectivity index (χ0n) is 12.7. The largest absolute Gasteiger partial charge is 0.316 e. The van der Waals surface area contributed by atoms with E-state index in [1.54, 1.807) is 6.07 Å². The van der Waals surface area contributed by atoms with Gasteiger partial charge in [-0.1, -0.05) is 12.1 Å². The smallest absolute Gasteiger partial charge is 0.240 e. The molecule has 0 saturated carbocycles. The highest BCUT2D eigenvalue weighted by atomic mass is 32.2. The van der Waals surface area contributed by atoms with E-state index in [1.807, 2.05) is 45.1 Å². The molecule has 0 aliphatic heterocycles. The Morgan fingerprint density at radius 2 is 1.95 bits per heavy atom. The van der Waals surface area contributed by atoms with E-state index in [0.717, 1.165) is 24.1 Å². The van der Waals surface area contributed by atoms with Gasteiger partial charge in [0.05, 0.1) is 4.90 Å². The summed E-state index contributed by atoms with van der Waals surface area (Å²) in [5, 5.41) is 3.03. The van der Waals surface area contributed by atoms with Crippen molar-refractivity contribution in [2.24, 2.45) is 0 Å². The Kier molecular flexibility index (Phi) is 6.61. The first-order valence-electron chi connectivity index (χ1n) is 6.75. The van der Waals surface area contributed by atoms with Crippen LogP contribution in [0, 0.1) is 6.92 Å². The number of benzene rings is 1. The first-order chi connectivity index (χ1) is 9.36. The van der Waals surface area contributed by atoms with Crippen molar-refractivity contribution < 1.29 is 8.42 Å². The zero-order chi connectivity index (χ0) is 15.2. The summed E-state index contributed by atoms with van der Waals surface area (Å²) in [6.07, 6.45) is 0.793. The van der Waals surface area contributed by atoms with Gasteiger partial charge in [-0.3, -0.25) is 0 Å². The third-order valence-electron chi connectivity index (χ3n) is 3.00. The van der Waals surface area contributed by atoms with Crippen LogP contribution in [0.5, 0.6) is 0 Å². The maximum atomic E-state index is 12.3. The first kappa shape index (κ1) is 17.1. The number of rotatable bonds is 8. The minimum atomic E-state index is -3.43. The molecule has 0 spiro atoms. The highest BCUT2D eigenvalue weighted by molar-refractivity contribution is 7.89. The molecule has 1 aromatic carbocycles. The quantitative estimate of drug-likeness (QED) is 0.702. The van der Waals surface area contributed by atoms with Crippen LogP contribution < -0.4 is 10.0 Å². The molecule has 0 bridgehead atoms. The predicted octanol–water partition coefficient (Wildman–Crippen LogP) is 0.944. The number of hydrogen-bond donors (Lipinski definition) is 2. The molecule has 2 N–H and O–H groups in total. The summed E-state index contributed by atoms with van der Waals surface area (Å²) >= 11 is 0. The fraction of sp³-hybridized carbons (Fsp3) is 0.571. The molecule has 6 heteroatoms. The summed E-state index contributed by atoms with van der Waals surface area (Å²) in [6.45, 7) is 3.79.